The van der Waals surface area contributed by atoms with Crippen LogP contribution in [0.25, 0.3) is 0 Å². The molecule has 1 aromatic heterocycles. The van der Waals surface area contributed by atoms with E-state index < -0.39 is 0 Å². The summed E-state index contributed by atoms with van der Waals surface area (Å²) in [6.45, 7) is 4.15. The fraction of sp³-hybridized carbons (Fsp3) is 0.526. The molecule has 0 fully saturated rings. The number of methoxy groups -OCH3 is 1. The van der Waals surface area contributed by atoms with Crippen molar-refractivity contribution in [1.29, 1.82) is 0 Å². The first-order valence-electron chi connectivity index (χ1n) is 8.88. The van der Waals surface area contributed by atoms with Gasteiger partial charge in [0.2, 0.25) is 17.7 Å². The molecule has 1 N–H and O–H groups in total. The van der Waals surface area contributed by atoms with Crippen molar-refractivity contribution in [2.24, 2.45) is 0 Å². The zero-order valence-corrected chi connectivity index (χ0v) is 15.6. The van der Waals surface area contributed by atoms with E-state index >= 15 is 0 Å². The van der Waals surface area contributed by atoms with Gasteiger partial charge in [0.25, 0.3) is 0 Å². The first-order valence-corrected chi connectivity index (χ1v) is 8.88. The van der Waals surface area contributed by atoms with E-state index in [1.807, 2.05) is 38.1 Å². The Morgan fingerprint density at radius 1 is 1.23 bits per heavy atom. The van der Waals surface area contributed by atoms with Crippen LogP contribution in [0.5, 0.6) is 5.75 Å². The van der Waals surface area contributed by atoms with Crippen LogP contribution >= 0.6 is 0 Å². The van der Waals surface area contributed by atoms with Crippen molar-refractivity contribution < 1.29 is 19.1 Å². The summed E-state index contributed by atoms with van der Waals surface area (Å²) in [6.07, 6.45) is 2.10. The molecule has 0 aliphatic heterocycles. The Bertz CT molecular complexity index is 700. The zero-order valence-electron chi connectivity index (χ0n) is 15.6. The van der Waals surface area contributed by atoms with Crippen LogP contribution in [0.4, 0.5) is 0 Å². The minimum Gasteiger partial charge on any atom is -0.497 e. The summed E-state index contributed by atoms with van der Waals surface area (Å²) in [5, 5.41) is 17.1. The van der Waals surface area contributed by atoms with Gasteiger partial charge in [0.1, 0.15) is 5.75 Å². The Kier molecular flexibility index (Phi) is 7.59. The van der Waals surface area contributed by atoms with Crippen LogP contribution in [-0.4, -0.2) is 52.4 Å². The number of rotatable bonds is 10. The van der Waals surface area contributed by atoms with Crippen molar-refractivity contribution in [2.75, 3.05) is 20.3 Å². The highest BCUT2D eigenvalue weighted by Crippen LogP contribution is 2.15. The van der Waals surface area contributed by atoms with Crippen LogP contribution in [-0.2, 0) is 24.1 Å². The van der Waals surface area contributed by atoms with Crippen molar-refractivity contribution >= 4 is 5.91 Å². The first-order chi connectivity index (χ1) is 12.5. The number of aromatic nitrogens is 2. The predicted octanol–water partition coefficient (Wildman–Crippen LogP) is 2.03. The number of benzene rings is 1. The number of aliphatic hydroxyl groups is 1. The monoisotopic (exact) mass is 361 g/mol. The van der Waals surface area contributed by atoms with Crippen molar-refractivity contribution in [2.45, 2.75) is 45.6 Å². The highest BCUT2D eigenvalue weighted by molar-refractivity contribution is 5.76. The summed E-state index contributed by atoms with van der Waals surface area (Å²) in [5.74, 6) is 1.83. The number of hydrogen-bond acceptors (Lipinski definition) is 6. The summed E-state index contributed by atoms with van der Waals surface area (Å²) < 4.78 is 10.9. The zero-order chi connectivity index (χ0) is 18.9. The van der Waals surface area contributed by atoms with E-state index in [-0.39, 0.29) is 25.0 Å². The number of aliphatic hydroxyl groups excluding tert-OH is 1. The summed E-state index contributed by atoms with van der Waals surface area (Å²) in [7, 11) is 1.64. The molecule has 1 amide bonds. The molecule has 0 atom stereocenters. The fourth-order valence-corrected chi connectivity index (χ4v) is 2.71. The number of nitrogens with zero attached hydrogens (tertiary/aromatic N) is 3. The lowest BCUT2D eigenvalue weighted by Crippen LogP contribution is -2.39. The summed E-state index contributed by atoms with van der Waals surface area (Å²) in [5.41, 5.74) is 1.14. The minimum atomic E-state index is -0.0428. The van der Waals surface area contributed by atoms with Gasteiger partial charge < -0.3 is 19.2 Å². The Labute approximate surface area is 154 Å². The van der Waals surface area contributed by atoms with Crippen LogP contribution in [0.2, 0.25) is 0 Å². The van der Waals surface area contributed by atoms with Gasteiger partial charge in [-0.05, 0) is 38.0 Å². The van der Waals surface area contributed by atoms with E-state index in [1.165, 1.54) is 0 Å². The van der Waals surface area contributed by atoms with Gasteiger partial charge in [-0.3, -0.25) is 4.79 Å². The molecule has 2 rings (SSSR count). The lowest BCUT2D eigenvalue weighted by molar-refractivity contribution is -0.133. The van der Waals surface area contributed by atoms with E-state index in [2.05, 4.69) is 10.2 Å². The number of amides is 1. The Morgan fingerprint density at radius 3 is 2.62 bits per heavy atom. The predicted molar refractivity (Wildman–Crippen MR) is 97.0 cm³/mol. The maximum atomic E-state index is 12.2. The normalized spacial score (nSPS) is 11.0. The van der Waals surface area contributed by atoms with E-state index in [1.54, 1.807) is 12.0 Å². The first kappa shape index (κ1) is 19.9. The lowest BCUT2D eigenvalue weighted by atomic mass is 10.1. The van der Waals surface area contributed by atoms with Gasteiger partial charge in [-0.15, -0.1) is 10.2 Å². The molecule has 26 heavy (non-hydrogen) atoms. The molecule has 0 radical (unpaired) electrons. The van der Waals surface area contributed by atoms with Crippen LogP contribution in [0.1, 0.15) is 37.6 Å². The van der Waals surface area contributed by atoms with Crippen LogP contribution < -0.4 is 4.74 Å². The molecular formula is C19H27N3O4. The third kappa shape index (κ3) is 5.84. The van der Waals surface area contributed by atoms with E-state index in [0.29, 0.717) is 31.2 Å². The maximum Gasteiger partial charge on any atom is 0.223 e. The van der Waals surface area contributed by atoms with Gasteiger partial charge in [-0.1, -0.05) is 12.1 Å². The van der Waals surface area contributed by atoms with Crippen molar-refractivity contribution in [1.82, 2.24) is 15.1 Å². The number of aryl methyl sites for hydroxylation is 3. The molecule has 0 saturated carbocycles. The standard InChI is InChI=1S/C19H27N3O4/c1-14(2)22(11-12-23)19(24)10-9-18-21-20-17(26-18)8-7-15-5-4-6-16(13-15)25-3/h4-6,13-14,23H,7-12H2,1-3H3. The molecule has 7 nitrogen and oxygen atoms in total. The Morgan fingerprint density at radius 2 is 1.96 bits per heavy atom. The largest absolute Gasteiger partial charge is 0.497 e. The highest BCUT2D eigenvalue weighted by atomic mass is 16.5. The maximum absolute atomic E-state index is 12.2. The van der Waals surface area contributed by atoms with Gasteiger partial charge in [0, 0.05) is 31.8 Å². The molecule has 0 aliphatic carbocycles. The minimum absolute atomic E-state index is 0.0230. The molecule has 1 heterocycles. The van der Waals surface area contributed by atoms with Gasteiger partial charge in [0.15, 0.2) is 0 Å². The number of ether oxygens (including phenoxy) is 1. The molecule has 2 aromatic rings. The Balaban J connectivity index is 1.84. The van der Waals surface area contributed by atoms with Crippen molar-refractivity contribution in [3.05, 3.63) is 41.6 Å². The van der Waals surface area contributed by atoms with Gasteiger partial charge in [-0.2, -0.15) is 0 Å². The molecule has 0 unspecified atom stereocenters. The average molecular weight is 361 g/mol. The fourth-order valence-electron chi connectivity index (χ4n) is 2.71. The molecule has 7 heteroatoms. The molecule has 0 spiro atoms. The van der Waals surface area contributed by atoms with Crippen molar-refractivity contribution in [3.63, 3.8) is 0 Å². The van der Waals surface area contributed by atoms with Gasteiger partial charge in [0.05, 0.1) is 13.7 Å². The smallest absolute Gasteiger partial charge is 0.223 e. The van der Waals surface area contributed by atoms with E-state index in [9.17, 15) is 4.79 Å². The quantitative estimate of drug-likeness (QED) is 0.696. The second-order valence-electron chi connectivity index (χ2n) is 6.35. The van der Waals surface area contributed by atoms with E-state index in [4.69, 9.17) is 14.3 Å². The third-order valence-electron chi connectivity index (χ3n) is 4.11. The number of carbonyl (C=O) groups excluding carboxylic acids is 1. The van der Waals surface area contributed by atoms with E-state index in [0.717, 1.165) is 17.7 Å². The summed E-state index contributed by atoms with van der Waals surface area (Å²) in [6, 6.07) is 7.92. The molecule has 0 bridgehead atoms. The molecule has 1 aromatic carbocycles. The second-order valence-corrected chi connectivity index (χ2v) is 6.35. The topological polar surface area (TPSA) is 88.7 Å². The molecule has 142 valence electrons. The second kappa shape index (κ2) is 9.91. The highest BCUT2D eigenvalue weighted by Gasteiger charge is 2.17. The SMILES string of the molecule is COc1cccc(CCc2nnc(CCC(=O)N(CCO)C(C)C)o2)c1. The summed E-state index contributed by atoms with van der Waals surface area (Å²) >= 11 is 0. The number of carbonyl (C=O) groups is 1. The lowest BCUT2D eigenvalue weighted by Gasteiger charge is -2.25. The average Bonchev–Trinajstić information content (AvgIpc) is 3.10. The van der Waals surface area contributed by atoms with Gasteiger partial charge in [-0.25, -0.2) is 0 Å². The molecule has 0 saturated heterocycles. The molecular weight excluding hydrogens is 334 g/mol. The van der Waals surface area contributed by atoms with Gasteiger partial charge >= 0.3 is 0 Å². The van der Waals surface area contributed by atoms with Crippen LogP contribution in [0.3, 0.4) is 0 Å². The number of hydrogen-bond donors (Lipinski definition) is 1. The van der Waals surface area contributed by atoms with Crippen LogP contribution in [0, 0.1) is 0 Å². The van der Waals surface area contributed by atoms with Crippen LogP contribution in [0.15, 0.2) is 28.7 Å². The van der Waals surface area contributed by atoms with Crippen molar-refractivity contribution in [3.8, 4) is 5.75 Å². The third-order valence-corrected chi connectivity index (χ3v) is 4.11. The summed E-state index contributed by atoms with van der Waals surface area (Å²) in [4.78, 5) is 13.9. The Hall–Kier alpha value is -2.41. The molecule has 0 aliphatic rings.